The van der Waals surface area contributed by atoms with Crippen molar-refractivity contribution < 1.29 is 18.7 Å². The van der Waals surface area contributed by atoms with E-state index in [1.54, 1.807) is 31.5 Å². The van der Waals surface area contributed by atoms with Gasteiger partial charge in [0.05, 0.1) is 22.4 Å². The number of halogens is 3. The molecule has 1 aromatic heterocycles. The maximum atomic E-state index is 14.5. The van der Waals surface area contributed by atoms with Crippen molar-refractivity contribution in [1.82, 2.24) is 4.98 Å². The SMILES string of the molecule is CO[C@@H]1CN(c2cc(-c3cc(C(N)=O)ccc3Cl)cnc2N(C)C(=O)c2c(F)cccc2Cl)C[C@H]1C. The number of hydrogen-bond acceptors (Lipinski definition) is 5. The minimum absolute atomic E-state index is 0.00862. The molecule has 0 aliphatic carbocycles. The lowest BCUT2D eigenvalue weighted by atomic mass is 10.0. The summed E-state index contributed by atoms with van der Waals surface area (Å²) < 4.78 is 20.1. The first-order chi connectivity index (χ1) is 17.1. The number of aromatic nitrogens is 1. The van der Waals surface area contributed by atoms with Crippen LogP contribution in [0.25, 0.3) is 11.1 Å². The Labute approximate surface area is 218 Å². The van der Waals surface area contributed by atoms with E-state index in [4.69, 9.17) is 33.7 Å². The molecule has 0 radical (unpaired) electrons. The van der Waals surface area contributed by atoms with Crippen LogP contribution in [0.5, 0.6) is 0 Å². The summed E-state index contributed by atoms with van der Waals surface area (Å²) in [4.78, 5) is 33.0. The maximum absolute atomic E-state index is 14.5. The minimum Gasteiger partial charge on any atom is -0.379 e. The summed E-state index contributed by atoms with van der Waals surface area (Å²) in [5.41, 5.74) is 7.34. The predicted octanol–water partition coefficient (Wildman–Crippen LogP) is 5.04. The molecule has 1 aliphatic rings. The molecular weight excluding hydrogens is 506 g/mol. The normalized spacial score (nSPS) is 17.3. The second-order valence-electron chi connectivity index (χ2n) is 8.74. The van der Waals surface area contributed by atoms with Crippen LogP contribution in [0.2, 0.25) is 10.0 Å². The quantitative estimate of drug-likeness (QED) is 0.482. The number of nitrogens with zero attached hydrogens (tertiary/aromatic N) is 3. The molecule has 0 spiro atoms. The molecule has 1 aliphatic heterocycles. The molecule has 2 amide bonds. The van der Waals surface area contributed by atoms with Gasteiger partial charge in [0.1, 0.15) is 5.82 Å². The fourth-order valence-corrected chi connectivity index (χ4v) is 4.86. The van der Waals surface area contributed by atoms with E-state index in [2.05, 4.69) is 16.8 Å². The summed E-state index contributed by atoms with van der Waals surface area (Å²) in [5.74, 6) is -1.41. The molecule has 1 fully saturated rings. The van der Waals surface area contributed by atoms with Crippen LogP contribution in [0.4, 0.5) is 15.9 Å². The minimum atomic E-state index is -0.721. The molecule has 0 bridgehead atoms. The summed E-state index contributed by atoms with van der Waals surface area (Å²) in [7, 11) is 3.18. The maximum Gasteiger partial charge on any atom is 0.263 e. The number of carbonyl (C=O) groups excluding carboxylic acids is 2. The Kier molecular flexibility index (Phi) is 7.49. The van der Waals surface area contributed by atoms with Crippen LogP contribution in [0.15, 0.2) is 48.7 Å². The van der Waals surface area contributed by atoms with Gasteiger partial charge < -0.3 is 15.4 Å². The molecule has 4 rings (SSSR count). The molecule has 36 heavy (non-hydrogen) atoms. The highest BCUT2D eigenvalue weighted by Gasteiger charge is 2.33. The Hall–Kier alpha value is -3.20. The second kappa shape index (κ2) is 10.4. The van der Waals surface area contributed by atoms with Gasteiger partial charge in [0.15, 0.2) is 5.82 Å². The van der Waals surface area contributed by atoms with Crippen molar-refractivity contribution in [3.8, 4) is 11.1 Å². The summed E-state index contributed by atoms with van der Waals surface area (Å²) in [6, 6.07) is 10.7. The van der Waals surface area contributed by atoms with Gasteiger partial charge in [-0.1, -0.05) is 36.2 Å². The Bertz CT molecular complexity index is 1320. The van der Waals surface area contributed by atoms with Gasteiger partial charge in [-0.05, 0) is 36.4 Å². The fourth-order valence-electron chi connectivity index (χ4n) is 4.39. The highest BCUT2D eigenvalue weighted by atomic mass is 35.5. The van der Waals surface area contributed by atoms with Crippen molar-refractivity contribution in [1.29, 1.82) is 0 Å². The number of primary amides is 1. The molecule has 2 atom stereocenters. The standard InChI is InChI=1S/C26H25Cl2FN4O3/c1-14-12-33(13-22(14)36-3)21-10-16(17-9-15(24(30)34)7-8-18(17)27)11-31-25(21)32(2)26(35)23-19(28)5-4-6-20(23)29/h4-11,14,22H,12-13H2,1-3H3,(H2,30,34)/t14-,22-/m1/s1. The number of amides is 2. The smallest absolute Gasteiger partial charge is 0.263 e. The zero-order valence-electron chi connectivity index (χ0n) is 20.0. The van der Waals surface area contributed by atoms with Crippen molar-refractivity contribution in [2.75, 3.05) is 37.0 Å². The number of rotatable bonds is 6. The summed E-state index contributed by atoms with van der Waals surface area (Å²) in [6.45, 7) is 3.29. The molecule has 2 N–H and O–H groups in total. The number of hydrogen-bond donors (Lipinski definition) is 1. The van der Waals surface area contributed by atoms with Gasteiger partial charge in [-0.25, -0.2) is 9.37 Å². The van der Waals surface area contributed by atoms with Gasteiger partial charge in [-0.15, -0.1) is 0 Å². The van der Waals surface area contributed by atoms with E-state index >= 15 is 0 Å². The van der Waals surface area contributed by atoms with Gasteiger partial charge in [0.2, 0.25) is 5.91 Å². The van der Waals surface area contributed by atoms with Crippen LogP contribution in [0, 0.1) is 11.7 Å². The Morgan fingerprint density at radius 3 is 2.56 bits per heavy atom. The van der Waals surface area contributed by atoms with E-state index in [0.717, 1.165) is 0 Å². The van der Waals surface area contributed by atoms with Gasteiger partial charge in [0.25, 0.3) is 5.91 Å². The molecule has 0 saturated carbocycles. The Morgan fingerprint density at radius 1 is 1.17 bits per heavy atom. The van der Waals surface area contributed by atoms with E-state index < -0.39 is 17.6 Å². The summed E-state index contributed by atoms with van der Waals surface area (Å²) >= 11 is 12.6. The largest absolute Gasteiger partial charge is 0.379 e. The topological polar surface area (TPSA) is 88.8 Å². The third kappa shape index (κ3) is 4.89. The summed E-state index contributed by atoms with van der Waals surface area (Å²) in [5, 5.41) is 0.418. The Morgan fingerprint density at radius 2 is 1.92 bits per heavy atom. The van der Waals surface area contributed by atoms with Gasteiger partial charge in [-0.2, -0.15) is 0 Å². The number of ether oxygens (including phenoxy) is 1. The van der Waals surface area contributed by atoms with E-state index in [-0.39, 0.29) is 22.6 Å². The van der Waals surface area contributed by atoms with Gasteiger partial charge in [-0.3, -0.25) is 14.5 Å². The van der Waals surface area contributed by atoms with E-state index in [1.165, 1.54) is 30.1 Å². The fraction of sp³-hybridized carbons (Fsp3) is 0.269. The first kappa shape index (κ1) is 25.9. The third-order valence-electron chi connectivity index (χ3n) is 6.39. The zero-order valence-corrected chi connectivity index (χ0v) is 21.5. The molecule has 10 heteroatoms. The highest BCUT2D eigenvalue weighted by Crippen LogP contribution is 2.38. The van der Waals surface area contributed by atoms with Gasteiger partial charge >= 0.3 is 0 Å². The molecule has 3 aromatic rings. The third-order valence-corrected chi connectivity index (χ3v) is 7.04. The number of pyridine rings is 1. The average molecular weight is 531 g/mol. The van der Waals surface area contributed by atoms with Crippen LogP contribution in [0.1, 0.15) is 27.6 Å². The monoisotopic (exact) mass is 530 g/mol. The number of anilines is 2. The molecule has 2 aromatic carbocycles. The zero-order chi connectivity index (χ0) is 26.1. The second-order valence-corrected chi connectivity index (χ2v) is 9.56. The van der Waals surface area contributed by atoms with Crippen molar-refractivity contribution in [3.63, 3.8) is 0 Å². The van der Waals surface area contributed by atoms with Crippen molar-refractivity contribution in [3.05, 3.63) is 75.7 Å². The van der Waals surface area contributed by atoms with Crippen LogP contribution < -0.4 is 15.5 Å². The molecule has 1 saturated heterocycles. The van der Waals surface area contributed by atoms with Crippen LogP contribution in [-0.2, 0) is 4.74 Å². The van der Waals surface area contributed by atoms with Crippen LogP contribution in [0.3, 0.4) is 0 Å². The molecular formula is C26H25Cl2FN4O3. The number of nitrogens with two attached hydrogens (primary N) is 1. The first-order valence-corrected chi connectivity index (χ1v) is 12.0. The van der Waals surface area contributed by atoms with Gasteiger partial charge in [0, 0.05) is 61.1 Å². The van der Waals surface area contributed by atoms with Crippen molar-refractivity contribution >= 4 is 46.5 Å². The molecule has 2 heterocycles. The number of benzene rings is 2. The molecule has 0 unspecified atom stereocenters. The Balaban J connectivity index is 1.83. The highest BCUT2D eigenvalue weighted by molar-refractivity contribution is 6.34. The summed E-state index contributed by atoms with van der Waals surface area (Å²) in [6.07, 6.45) is 1.52. The number of methoxy groups -OCH3 is 1. The lowest BCUT2D eigenvalue weighted by Crippen LogP contribution is -2.31. The van der Waals surface area contributed by atoms with Crippen molar-refractivity contribution in [2.45, 2.75) is 13.0 Å². The van der Waals surface area contributed by atoms with E-state index in [9.17, 15) is 14.0 Å². The van der Waals surface area contributed by atoms with Crippen LogP contribution in [-0.4, -0.2) is 50.1 Å². The van der Waals surface area contributed by atoms with Crippen molar-refractivity contribution in [2.24, 2.45) is 11.7 Å². The molecule has 7 nitrogen and oxygen atoms in total. The van der Waals surface area contributed by atoms with E-state index in [0.29, 0.717) is 46.3 Å². The average Bonchev–Trinajstić information content (AvgIpc) is 3.23. The van der Waals surface area contributed by atoms with E-state index in [1.807, 2.05) is 6.07 Å². The number of carbonyl (C=O) groups is 2. The predicted molar refractivity (Wildman–Crippen MR) is 140 cm³/mol. The lowest BCUT2D eigenvalue weighted by molar-refractivity contribution is 0.0899. The van der Waals surface area contributed by atoms with Crippen LogP contribution >= 0.6 is 23.2 Å². The lowest BCUT2D eigenvalue weighted by Gasteiger charge is -2.27. The molecule has 188 valence electrons. The first-order valence-electron chi connectivity index (χ1n) is 11.2.